The topological polar surface area (TPSA) is 44.7 Å². The first-order chi connectivity index (χ1) is 12.9. The number of nitrogens with zero attached hydrogens (tertiary/aromatic N) is 2. The molecule has 2 atom stereocenters. The highest BCUT2D eigenvalue weighted by molar-refractivity contribution is 6.39. The molecule has 0 aromatic heterocycles. The number of nitrogens with one attached hydrogen (secondary N) is 1. The van der Waals surface area contributed by atoms with Crippen molar-refractivity contribution in [2.45, 2.75) is 70.9 Å². The van der Waals surface area contributed by atoms with E-state index in [4.69, 9.17) is 0 Å². The summed E-state index contributed by atoms with van der Waals surface area (Å²) in [4.78, 5) is 13.1. The van der Waals surface area contributed by atoms with Gasteiger partial charge in [0.2, 0.25) is 0 Å². The van der Waals surface area contributed by atoms with Crippen LogP contribution in [0.15, 0.2) is 29.4 Å². The third kappa shape index (κ3) is 2.95. The van der Waals surface area contributed by atoms with E-state index >= 15 is 0 Å². The maximum Gasteiger partial charge on any atom is 0.268 e. The van der Waals surface area contributed by atoms with Crippen LogP contribution in [0.5, 0.6) is 0 Å². The summed E-state index contributed by atoms with van der Waals surface area (Å²) in [6.45, 7) is 7.39. The van der Waals surface area contributed by atoms with Crippen molar-refractivity contribution >= 4 is 11.6 Å². The normalized spacial score (nSPS) is 34.8. The minimum absolute atomic E-state index is 0.0440. The Morgan fingerprint density at radius 3 is 2.67 bits per heavy atom. The summed E-state index contributed by atoms with van der Waals surface area (Å²) in [6.07, 6.45) is 6.25. The maximum absolute atomic E-state index is 13.7. The minimum atomic E-state index is -0.246. The van der Waals surface area contributed by atoms with Gasteiger partial charge in [-0.25, -0.2) is 4.39 Å². The van der Waals surface area contributed by atoms with Crippen molar-refractivity contribution in [3.63, 3.8) is 0 Å². The second kappa shape index (κ2) is 6.61. The van der Waals surface area contributed by atoms with Crippen LogP contribution < -0.4 is 5.32 Å². The van der Waals surface area contributed by atoms with Crippen molar-refractivity contribution in [3.05, 3.63) is 35.6 Å². The summed E-state index contributed by atoms with van der Waals surface area (Å²) in [5, 5.41) is 9.98. The van der Waals surface area contributed by atoms with Gasteiger partial charge in [-0.05, 0) is 68.1 Å². The Labute approximate surface area is 161 Å². The van der Waals surface area contributed by atoms with Crippen LogP contribution in [0.4, 0.5) is 4.39 Å². The standard InChI is InChI=1S/C22H30FN3O/c1-4-12-26-19(15-6-5-7-17(23)13-15)14-18(25-26)20(27)24-22(3)16-8-10-21(22,2)11-9-16/h5-7,13,16,19H,4,8-12,14H2,1-3H3,(H,24,27)/t16-,19?,21+,22?. The first kappa shape index (κ1) is 18.5. The van der Waals surface area contributed by atoms with Crippen LogP contribution in [0, 0.1) is 17.2 Å². The number of amides is 1. The summed E-state index contributed by atoms with van der Waals surface area (Å²) >= 11 is 0. The SMILES string of the molecule is CCCN1N=C(C(=O)NC2(C)[C@H]3CC[C@]2(C)CC3)CC1c1cccc(F)c1. The largest absolute Gasteiger partial charge is 0.345 e. The maximum atomic E-state index is 13.7. The Bertz CT molecular complexity index is 769. The zero-order chi connectivity index (χ0) is 19.2. The van der Waals surface area contributed by atoms with Crippen LogP contribution in [0.1, 0.15) is 70.9 Å². The van der Waals surface area contributed by atoms with Crippen LogP contribution in [-0.4, -0.2) is 28.7 Å². The van der Waals surface area contributed by atoms with Crippen molar-refractivity contribution in [1.29, 1.82) is 0 Å². The molecule has 2 saturated carbocycles. The zero-order valence-electron chi connectivity index (χ0n) is 16.6. The van der Waals surface area contributed by atoms with E-state index in [0.29, 0.717) is 18.1 Å². The number of hydrogen-bond acceptors (Lipinski definition) is 3. The highest BCUT2D eigenvalue weighted by Crippen LogP contribution is 2.60. The van der Waals surface area contributed by atoms with Crippen LogP contribution >= 0.6 is 0 Å². The molecule has 2 unspecified atom stereocenters. The van der Waals surface area contributed by atoms with Gasteiger partial charge in [-0.15, -0.1) is 0 Å². The second-order valence-corrected chi connectivity index (χ2v) is 8.98. The summed E-state index contributed by atoms with van der Waals surface area (Å²) in [7, 11) is 0. The van der Waals surface area contributed by atoms with Crippen LogP contribution in [0.2, 0.25) is 0 Å². The number of rotatable bonds is 5. The molecule has 4 rings (SSSR count). The van der Waals surface area contributed by atoms with E-state index in [2.05, 4.69) is 31.2 Å². The van der Waals surface area contributed by atoms with E-state index in [-0.39, 0.29) is 28.7 Å². The molecule has 0 spiro atoms. The second-order valence-electron chi connectivity index (χ2n) is 8.98. The van der Waals surface area contributed by atoms with Gasteiger partial charge in [0.25, 0.3) is 5.91 Å². The Morgan fingerprint density at radius 2 is 2.07 bits per heavy atom. The van der Waals surface area contributed by atoms with E-state index in [0.717, 1.165) is 18.5 Å². The van der Waals surface area contributed by atoms with Gasteiger partial charge < -0.3 is 5.32 Å². The summed E-state index contributed by atoms with van der Waals surface area (Å²) in [5.74, 6) is 0.279. The molecule has 27 heavy (non-hydrogen) atoms. The highest BCUT2D eigenvalue weighted by atomic mass is 19.1. The average Bonchev–Trinajstić information content (AvgIpc) is 3.23. The number of halogens is 1. The lowest BCUT2D eigenvalue weighted by Crippen LogP contribution is -2.55. The minimum Gasteiger partial charge on any atom is -0.345 e. The number of hydrazone groups is 1. The van der Waals surface area contributed by atoms with Gasteiger partial charge in [0.1, 0.15) is 11.5 Å². The summed E-state index contributed by atoms with van der Waals surface area (Å²) < 4.78 is 13.7. The van der Waals surface area contributed by atoms with E-state index < -0.39 is 0 Å². The molecule has 1 heterocycles. The molecule has 2 aliphatic carbocycles. The van der Waals surface area contributed by atoms with Crippen molar-refractivity contribution in [1.82, 2.24) is 10.3 Å². The lowest BCUT2D eigenvalue weighted by Gasteiger charge is -2.39. The molecule has 1 N–H and O–H groups in total. The molecule has 0 saturated heterocycles. The Morgan fingerprint density at radius 1 is 1.33 bits per heavy atom. The number of benzene rings is 1. The molecule has 146 valence electrons. The molecular formula is C22H30FN3O. The van der Waals surface area contributed by atoms with E-state index in [9.17, 15) is 9.18 Å². The lowest BCUT2D eigenvalue weighted by atomic mass is 9.76. The zero-order valence-corrected chi connectivity index (χ0v) is 16.6. The fraction of sp³-hybridized carbons (Fsp3) is 0.636. The fourth-order valence-electron chi connectivity index (χ4n) is 5.54. The first-order valence-electron chi connectivity index (χ1n) is 10.3. The van der Waals surface area contributed by atoms with Crippen molar-refractivity contribution in [3.8, 4) is 0 Å². The predicted octanol–water partition coefficient (Wildman–Crippen LogP) is 4.42. The van der Waals surface area contributed by atoms with Crippen LogP contribution in [-0.2, 0) is 4.79 Å². The molecule has 1 amide bonds. The quantitative estimate of drug-likeness (QED) is 0.832. The van der Waals surface area contributed by atoms with Gasteiger partial charge in [-0.3, -0.25) is 9.80 Å². The monoisotopic (exact) mass is 371 g/mol. The van der Waals surface area contributed by atoms with Crippen LogP contribution in [0.25, 0.3) is 0 Å². The molecule has 2 bridgehead atoms. The number of fused-ring (bicyclic) bond motifs is 2. The van der Waals surface area contributed by atoms with E-state index in [1.807, 2.05) is 11.1 Å². The van der Waals surface area contributed by atoms with E-state index in [1.165, 1.54) is 31.7 Å². The van der Waals surface area contributed by atoms with Crippen LogP contribution in [0.3, 0.4) is 0 Å². The molecular weight excluding hydrogens is 341 g/mol. The summed E-state index contributed by atoms with van der Waals surface area (Å²) in [6, 6.07) is 6.60. The molecule has 1 aromatic rings. The Balaban J connectivity index is 1.53. The molecule has 1 aliphatic heterocycles. The third-order valence-corrected chi connectivity index (χ3v) is 7.48. The Kier molecular flexibility index (Phi) is 4.52. The summed E-state index contributed by atoms with van der Waals surface area (Å²) in [5.41, 5.74) is 1.51. The van der Waals surface area contributed by atoms with Gasteiger partial charge in [0.15, 0.2) is 0 Å². The molecule has 1 aromatic carbocycles. The smallest absolute Gasteiger partial charge is 0.268 e. The number of carbonyl (C=O) groups is 1. The van der Waals surface area contributed by atoms with Gasteiger partial charge in [-0.2, -0.15) is 5.10 Å². The van der Waals surface area contributed by atoms with Crippen molar-refractivity contribution in [2.75, 3.05) is 6.54 Å². The molecule has 4 nitrogen and oxygen atoms in total. The Hall–Kier alpha value is -1.91. The van der Waals surface area contributed by atoms with Gasteiger partial charge >= 0.3 is 0 Å². The average molecular weight is 372 g/mol. The first-order valence-corrected chi connectivity index (χ1v) is 10.3. The van der Waals surface area contributed by atoms with Gasteiger partial charge in [0, 0.05) is 18.5 Å². The molecule has 0 radical (unpaired) electrons. The third-order valence-electron chi connectivity index (χ3n) is 7.48. The van der Waals surface area contributed by atoms with Crippen molar-refractivity contribution in [2.24, 2.45) is 16.4 Å². The van der Waals surface area contributed by atoms with Crippen molar-refractivity contribution < 1.29 is 9.18 Å². The molecule has 5 heteroatoms. The molecule has 3 aliphatic rings. The molecule has 2 fully saturated rings. The number of carbonyl (C=O) groups excluding carboxylic acids is 1. The van der Waals surface area contributed by atoms with Gasteiger partial charge in [0.05, 0.1) is 6.04 Å². The fourth-order valence-corrected chi connectivity index (χ4v) is 5.54. The number of hydrogen-bond donors (Lipinski definition) is 1. The van der Waals surface area contributed by atoms with Gasteiger partial charge in [-0.1, -0.05) is 26.0 Å². The highest BCUT2D eigenvalue weighted by Gasteiger charge is 2.59. The van der Waals surface area contributed by atoms with E-state index in [1.54, 1.807) is 12.1 Å². The lowest BCUT2D eigenvalue weighted by molar-refractivity contribution is -0.117. The predicted molar refractivity (Wildman–Crippen MR) is 105 cm³/mol.